The molecule has 1 aromatic carbocycles. The second-order valence-corrected chi connectivity index (χ2v) is 4.34. The number of halogens is 3. The van der Waals surface area contributed by atoms with Crippen molar-refractivity contribution in [2.75, 3.05) is 12.3 Å². The highest BCUT2D eigenvalue weighted by molar-refractivity contribution is 5.68. The van der Waals surface area contributed by atoms with Gasteiger partial charge in [-0.25, -0.2) is 9.97 Å². The highest BCUT2D eigenvalue weighted by atomic mass is 19.4. The van der Waals surface area contributed by atoms with Gasteiger partial charge in [-0.3, -0.25) is 0 Å². The summed E-state index contributed by atoms with van der Waals surface area (Å²) in [7, 11) is 0. The second-order valence-electron chi connectivity index (χ2n) is 4.34. The molecule has 2 aromatic rings. The quantitative estimate of drug-likeness (QED) is 0.937. The summed E-state index contributed by atoms with van der Waals surface area (Å²) in [5.74, 6) is -1.04. The van der Waals surface area contributed by atoms with Gasteiger partial charge < -0.3 is 10.5 Å². The van der Waals surface area contributed by atoms with E-state index in [4.69, 9.17) is 10.5 Å². The Morgan fingerprint density at radius 1 is 1.19 bits per heavy atom. The number of rotatable bonds is 4. The van der Waals surface area contributed by atoms with E-state index in [2.05, 4.69) is 9.97 Å². The Morgan fingerprint density at radius 3 is 2.57 bits per heavy atom. The van der Waals surface area contributed by atoms with Gasteiger partial charge in [-0.1, -0.05) is 19.1 Å². The van der Waals surface area contributed by atoms with E-state index in [-0.39, 0.29) is 11.5 Å². The molecule has 0 saturated carbocycles. The van der Waals surface area contributed by atoms with Gasteiger partial charge in [0.15, 0.2) is 0 Å². The molecule has 0 radical (unpaired) electrons. The molecule has 2 rings (SSSR count). The maximum absolute atomic E-state index is 12.8. The molecule has 0 unspecified atom stereocenters. The fourth-order valence-corrected chi connectivity index (χ4v) is 1.75. The molecule has 0 spiro atoms. The normalized spacial score (nSPS) is 11.4. The van der Waals surface area contributed by atoms with Crippen LogP contribution in [0.25, 0.3) is 11.3 Å². The van der Waals surface area contributed by atoms with Crippen LogP contribution in [0, 0.1) is 0 Å². The summed E-state index contributed by atoms with van der Waals surface area (Å²) < 4.78 is 43.8. The Bertz CT molecular complexity index is 629. The van der Waals surface area contributed by atoms with Crippen molar-refractivity contribution < 1.29 is 17.9 Å². The molecule has 2 N–H and O–H groups in total. The smallest absolute Gasteiger partial charge is 0.451 e. The number of anilines is 1. The lowest BCUT2D eigenvalue weighted by atomic mass is 10.1. The number of aromatic nitrogens is 2. The number of nitrogens with two attached hydrogens (primary N) is 1. The number of ether oxygens (including phenoxy) is 1. The van der Waals surface area contributed by atoms with Crippen LogP contribution in [0.3, 0.4) is 0 Å². The zero-order valence-corrected chi connectivity index (χ0v) is 11.3. The van der Waals surface area contributed by atoms with Gasteiger partial charge in [0.2, 0.25) is 5.82 Å². The van der Waals surface area contributed by atoms with Gasteiger partial charge in [0.05, 0.1) is 12.3 Å². The standard InChI is InChI=1S/C14H14F3N3O/c1-2-7-21-11-6-4-3-5-9(11)10-8-12(18)20-13(19-10)14(15,16)17/h3-6,8H,2,7H2,1H3,(H2,18,19,20). The lowest BCUT2D eigenvalue weighted by Gasteiger charge is -2.12. The highest BCUT2D eigenvalue weighted by Crippen LogP contribution is 2.33. The summed E-state index contributed by atoms with van der Waals surface area (Å²) in [6.45, 7) is 2.40. The van der Waals surface area contributed by atoms with Crippen LogP contribution in [0.1, 0.15) is 19.2 Å². The molecule has 0 aliphatic carbocycles. The van der Waals surface area contributed by atoms with E-state index in [0.29, 0.717) is 17.9 Å². The molecule has 0 bridgehead atoms. The van der Waals surface area contributed by atoms with E-state index in [1.807, 2.05) is 6.92 Å². The van der Waals surface area contributed by atoms with Gasteiger partial charge in [0, 0.05) is 11.6 Å². The number of alkyl halides is 3. The van der Waals surface area contributed by atoms with Crippen molar-refractivity contribution in [1.29, 1.82) is 0 Å². The number of nitrogens with zero attached hydrogens (tertiary/aromatic N) is 2. The summed E-state index contributed by atoms with van der Waals surface area (Å²) >= 11 is 0. The molecule has 0 amide bonds. The molecular weight excluding hydrogens is 283 g/mol. The van der Waals surface area contributed by atoms with Gasteiger partial charge in [-0.05, 0) is 18.6 Å². The van der Waals surface area contributed by atoms with Crippen LogP contribution in [0.15, 0.2) is 30.3 Å². The Labute approximate surface area is 119 Å². The highest BCUT2D eigenvalue weighted by Gasteiger charge is 2.35. The minimum Gasteiger partial charge on any atom is -0.493 e. The van der Waals surface area contributed by atoms with Crippen LogP contribution in [-0.2, 0) is 6.18 Å². The molecule has 0 atom stereocenters. The Morgan fingerprint density at radius 2 is 1.90 bits per heavy atom. The SMILES string of the molecule is CCCOc1ccccc1-c1cc(N)nc(C(F)(F)F)n1. The number of hydrogen-bond acceptors (Lipinski definition) is 4. The fourth-order valence-electron chi connectivity index (χ4n) is 1.75. The first-order chi connectivity index (χ1) is 9.91. The molecule has 0 fully saturated rings. The number of benzene rings is 1. The first kappa shape index (κ1) is 15.1. The van der Waals surface area contributed by atoms with Gasteiger partial charge >= 0.3 is 6.18 Å². The van der Waals surface area contributed by atoms with E-state index in [1.165, 1.54) is 6.07 Å². The van der Waals surface area contributed by atoms with E-state index >= 15 is 0 Å². The van der Waals surface area contributed by atoms with Crippen LogP contribution in [0.5, 0.6) is 5.75 Å². The summed E-state index contributed by atoms with van der Waals surface area (Å²) in [4.78, 5) is 6.77. The van der Waals surface area contributed by atoms with Crippen molar-refractivity contribution in [2.24, 2.45) is 0 Å². The van der Waals surface area contributed by atoms with Crippen LogP contribution >= 0.6 is 0 Å². The van der Waals surface area contributed by atoms with Crippen LogP contribution in [0.4, 0.5) is 19.0 Å². The molecule has 0 aliphatic rings. The first-order valence-electron chi connectivity index (χ1n) is 6.35. The fraction of sp³-hybridized carbons (Fsp3) is 0.286. The van der Waals surface area contributed by atoms with Gasteiger partial charge in [0.1, 0.15) is 11.6 Å². The number of para-hydroxylation sites is 1. The molecular formula is C14H14F3N3O. The predicted octanol–water partition coefficient (Wildman–Crippen LogP) is 3.53. The lowest BCUT2D eigenvalue weighted by molar-refractivity contribution is -0.144. The molecule has 1 heterocycles. The molecule has 1 aromatic heterocycles. The lowest BCUT2D eigenvalue weighted by Crippen LogP contribution is -2.13. The van der Waals surface area contributed by atoms with Crippen molar-refractivity contribution >= 4 is 5.82 Å². The van der Waals surface area contributed by atoms with E-state index in [0.717, 1.165) is 6.42 Å². The molecule has 21 heavy (non-hydrogen) atoms. The zero-order valence-electron chi connectivity index (χ0n) is 11.3. The average Bonchev–Trinajstić information content (AvgIpc) is 2.44. The summed E-state index contributed by atoms with van der Waals surface area (Å²) in [5, 5.41) is 0. The largest absolute Gasteiger partial charge is 0.493 e. The maximum atomic E-state index is 12.8. The second kappa shape index (κ2) is 5.99. The van der Waals surface area contributed by atoms with Crippen LogP contribution in [0.2, 0.25) is 0 Å². The third kappa shape index (κ3) is 3.62. The van der Waals surface area contributed by atoms with E-state index in [9.17, 15) is 13.2 Å². The topological polar surface area (TPSA) is 61.0 Å². The molecule has 0 aliphatic heterocycles. The number of nitrogen functional groups attached to an aromatic ring is 1. The van der Waals surface area contributed by atoms with Gasteiger partial charge in [-0.2, -0.15) is 13.2 Å². The van der Waals surface area contributed by atoms with Crippen molar-refractivity contribution in [3.63, 3.8) is 0 Å². The maximum Gasteiger partial charge on any atom is 0.451 e. The third-order valence-corrected chi connectivity index (χ3v) is 2.62. The predicted molar refractivity (Wildman–Crippen MR) is 72.7 cm³/mol. The Hall–Kier alpha value is -2.31. The monoisotopic (exact) mass is 297 g/mol. The molecule has 0 saturated heterocycles. The summed E-state index contributed by atoms with van der Waals surface area (Å²) in [6, 6.07) is 8.04. The van der Waals surface area contributed by atoms with Gasteiger partial charge in [-0.15, -0.1) is 0 Å². The average molecular weight is 297 g/mol. The van der Waals surface area contributed by atoms with Crippen molar-refractivity contribution in [3.8, 4) is 17.0 Å². The molecule has 112 valence electrons. The molecule has 4 nitrogen and oxygen atoms in total. The summed E-state index contributed by atoms with van der Waals surface area (Å²) in [6.07, 6.45) is -3.86. The zero-order chi connectivity index (χ0) is 15.5. The van der Waals surface area contributed by atoms with Gasteiger partial charge in [0.25, 0.3) is 0 Å². The van der Waals surface area contributed by atoms with E-state index in [1.54, 1.807) is 24.3 Å². The first-order valence-corrected chi connectivity index (χ1v) is 6.35. The Balaban J connectivity index is 2.49. The summed E-state index contributed by atoms with van der Waals surface area (Å²) in [5.41, 5.74) is 5.99. The van der Waals surface area contributed by atoms with E-state index < -0.39 is 12.0 Å². The third-order valence-electron chi connectivity index (χ3n) is 2.62. The van der Waals surface area contributed by atoms with Crippen molar-refractivity contribution in [1.82, 2.24) is 9.97 Å². The Kier molecular flexibility index (Phi) is 4.30. The van der Waals surface area contributed by atoms with Crippen molar-refractivity contribution in [3.05, 3.63) is 36.2 Å². The minimum atomic E-state index is -4.65. The minimum absolute atomic E-state index is 0.0847. The number of hydrogen-bond donors (Lipinski definition) is 1. The van der Waals surface area contributed by atoms with Crippen LogP contribution < -0.4 is 10.5 Å². The van der Waals surface area contributed by atoms with Crippen molar-refractivity contribution in [2.45, 2.75) is 19.5 Å². The molecule has 7 heteroatoms. The van der Waals surface area contributed by atoms with Crippen LogP contribution in [-0.4, -0.2) is 16.6 Å².